The third-order valence-electron chi connectivity index (χ3n) is 2.82. The van der Waals surface area contributed by atoms with Crippen LogP contribution in [0.1, 0.15) is 23.7 Å². The van der Waals surface area contributed by atoms with Gasteiger partial charge in [-0.1, -0.05) is 25.1 Å². The Balaban J connectivity index is 2.24. The summed E-state index contributed by atoms with van der Waals surface area (Å²) in [5.74, 6) is 0. The Hall–Kier alpha value is -2.49. The molecule has 0 spiro atoms. The number of nitro benzene ring substituents is 1. The van der Waals surface area contributed by atoms with Crippen molar-refractivity contribution in [1.82, 2.24) is 4.98 Å². The average molecular weight is 254 g/mol. The fraction of sp³-hybridized carbons (Fsp3) is 0.133. The van der Waals surface area contributed by atoms with Gasteiger partial charge in [0.15, 0.2) is 0 Å². The SMILES string of the molecule is CCc1ccc(/C=C/c2ccccc2[N+](=O)[O-])nc1. The van der Waals surface area contributed by atoms with Gasteiger partial charge in [-0.3, -0.25) is 15.1 Å². The van der Waals surface area contributed by atoms with E-state index >= 15 is 0 Å². The van der Waals surface area contributed by atoms with Crippen LogP contribution in [0.3, 0.4) is 0 Å². The lowest BCUT2D eigenvalue weighted by Crippen LogP contribution is -1.90. The number of para-hydroxylation sites is 1. The lowest BCUT2D eigenvalue weighted by atomic mass is 10.1. The first-order valence-corrected chi connectivity index (χ1v) is 6.07. The van der Waals surface area contributed by atoms with Gasteiger partial charge in [0.05, 0.1) is 16.2 Å². The minimum atomic E-state index is -0.382. The number of nitrogens with zero attached hydrogens (tertiary/aromatic N) is 2. The molecule has 0 bridgehead atoms. The molecule has 1 aromatic carbocycles. The van der Waals surface area contributed by atoms with E-state index in [0.717, 1.165) is 12.1 Å². The molecule has 0 unspecified atom stereocenters. The minimum Gasteiger partial charge on any atom is -0.258 e. The summed E-state index contributed by atoms with van der Waals surface area (Å²) in [6.45, 7) is 2.07. The van der Waals surface area contributed by atoms with E-state index in [2.05, 4.69) is 11.9 Å². The van der Waals surface area contributed by atoms with Gasteiger partial charge >= 0.3 is 0 Å². The van der Waals surface area contributed by atoms with Crippen molar-refractivity contribution in [2.24, 2.45) is 0 Å². The van der Waals surface area contributed by atoms with Gasteiger partial charge in [-0.25, -0.2) is 0 Å². The lowest BCUT2D eigenvalue weighted by Gasteiger charge is -1.98. The highest BCUT2D eigenvalue weighted by molar-refractivity contribution is 5.72. The molecule has 96 valence electrons. The van der Waals surface area contributed by atoms with Crippen LogP contribution in [0.25, 0.3) is 12.2 Å². The second-order valence-electron chi connectivity index (χ2n) is 4.09. The van der Waals surface area contributed by atoms with E-state index in [9.17, 15) is 10.1 Å². The highest BCUT2D eigenvalue weighted by atomic mass is 16.6. The number of nitro groups is 1. The molecule has 19 heavy (non-hydrogen) atoms. The molecule has 2 rings (SSSR count). The molecule has 0 saturated carbocycles. The van der Waals surface area contributed by atoms with Gasteiger partial charge in [-0.15, -0.1) is 0 Å². The first kappa shape index (κ1) is 13.0. The van der Waals surface area contributed by atoms with Crippen molar-refractivity contribution >= 4 is 17.8 Å². The maximum absolute atomic E-state index is 10.9. The summed E-state index contributed by atoms with van der Waals surface area (Å²) >= 11 is 0. The van der Waals surface area contributed by atoms with Gasteiger partial charge < -0.3 is 0 Å². The molecule has 4 nitrogen and oxygen atoms in total. The number of hydrogen-bond acceptors (Lipinski definition) is 3. The maximum atomic E-state index is 10.9. The van der Waals surface area contributed by atoms with Crippen molar-refractivity contribution < 1.29 is 4.92 Å². The number of aromatic nitrogens is 1. The zero-order valence-electron chi connectivity index (χ0n) is 10.6. The van der Waals surface area contributed by atoms with Crippen LogP contribution in [0.5, 0.6) is 0 Å². The van der Waals surface area contributed by atoms with Crippen LogP contribution in [-0.2, 0) is 6.42 Å². The van der Waals surface area contributed by atoms with E-state index < -0.39 is 0 Å². The Kier molecular flexibility index (Phi) is 4.03. The van der Waals surface area contributed by atoms with E-state index in [-0.39, 0.29) is 10.6 Å². The predicted molar refractivity (Wildman–Crippen MR) is 75.6 cm³/mol. The Morgan fingerprint density at radius 3 is 2.63 bits per heavy atom. The number of aryl methyl sites for hydroxylation is 1. The van der Waals surface area contributed by atoms with Crippen LogP contribution in [0, 0.1) is 10.1 Å². The molecule has 0 aliphatic heterocycles. The standard InChI is InChI=1S/C15H14N2O2/c1-2-12-7-9-14(16-11-12)10-8-13-5-3-4-6-15(13)17(18)19/h3-11H,2H2,1H3/b10-8+. The molecule has 0 aliphatic rings. The first-order valence-electron chi connectivity index (χ1n) is 6.07. The fourth-order valence-corrected chi connectivity index (χ4v) is 1.71. The van der Waals surface area contributed by atoms with Crippen molar-refractivity contribution in [3.8, 4) is 0 Å². The quantitative estimate of drug-likeness (QED) is 0.617. The maximum Gasteiger partial charge on any atom is 0.276 e. The molecule has 0 atom stereocenters. The largest absolute Gasteiger partial charge is 0.276 e. The summed E-state index contributed by atoms with van der Waals surface area (Å²) in [7, 11) is 0. The monoisotopic (exact) mass is 254 g/mol. The van der Waals surface area contributed by atoms with E-state index in [1.807, 2.05) is 18.3 Å². The van der Waals surface area contributed by atoms with Gasteiger partial charge in [-0.05, 0) is 36.3 Å². The van der Waals surface area contributed by atoms with Crippen LogP contribution in [0.4, 0.5) is 5.69 Å². The third kappa shape index (κ3) is 3.25. The van der Waals surface area contributed by atoms with Crippen molar-refractivity contribution in [2.45, 2.75) is 13.3 Å². The smallest absolute Gasteiger partial charge is 0.258 e. The Morgan fingerprint density at radius 2 is 2.00 bits per heavy atom. The normalized spacial score (nSPS) is 10.8. The molecular formula is C15H14N2O2. The molecule has 0 amide bonds. The van der Waals surface area contributed by atoms with E-state index in [1.165, 1.54) is 11.6 Å². The number of rotatable bonds is 4. The van der Waals surface area contributed by atoms with E-state index in [0.29, 0.717) is 5.56 Å². The van der Waals surface area contributed by atoms with Gasteiger partial charge in [0.1, 0.15) is 0 Å². The highest BCUT2D eigenvalue weighted by Crippen LogP contribution is 2.19. The van der Waals surface area contributed by atoms with E-state index in [1.54, 1.807) is 30.4 Å². The van der Waals surface area contributed by atoms with Crippen LogP contribution in [-0.4, -0.2) is 9.91 Å². The number of benzene rings is 1. The van der Waals surface area contributed by atoms with Crippen molar-refractivity contribution in [1.29, 1.82) is 0 Å². The minimum absolute atomic E-state index is 0.101. The summed E-state index contributed by atoms with van der Waals surface area (Å²) in [6.07, 6.45) is 6.26. The molecule has 0 radical (unpaired) electrons. The summed E-state index contributed by atoms with van der Waals surface area (Å²) in [5, 5.41) is 10.9. The molecular weight excluding hydrogens is 240 g/mol. The van der Waals surface area contributed by atoms with Crippen molar-refractivity contribution in [3.63, 3.8) is 0 Å². The lowest BCUT2D eigenvalue weighted by molar-refractivity contribution is -0.385. The second kappa shape index (κ2) is 5.91. The van der Waals surface area contributed by atoms with Gasteiger partial charge in [0.25, 0.3) is 5.69 Å². The zero-order chi connectivity index (χ0) is 13.7. The average Bonchev–Trinajstić information content (AvgIpc) is 2.46. The Morgan fingerprint density at radius 1 is 1.21 bits per heavy atom. The number of pyridine rings is 1. The Bertz CT molecular complexity index is 604. The molecule has 1 aromatic heterocycles. The molecule has 0 fully saturated rings. The summed E-state index contributed by atoms with van der Waals surface area (Å²) < 4.78 is 0. The fourth-order valence-electron chi connectivity index (χ4n) is 1.71. The first-order chi connectivity index (χ1) is 9.20. The Labute approximate surface area is 111 Å². The highest BCUT2D eigenvalue weighted by Gasteiger charge is 2.08. The third-order valence-corrected chi connectivity index (χ3v) is 2.82. The number of hydrogen-bond donors (Lipinski definition) is 0. The molecule has 0 N–H and O–H groups in total. The van der Waals surface area contributed by atoms with Gasteiger partial charge in [0, 0.05) is 12.3 Å². The molecule has 0 saturated heterocycles. The zero-order valence-corrected chi connectivity index (χ0v) is 10.6. The molecule has 1 heterocycles. The second-order valence-corrected chi connectivity index (χ2v) is 4.09. The van der Waals surface area contributed by atoms with Crippen LogP contribution < -0.4 is 0 Å². The summed E-state index contributed by atoms with van der Waals surface area (Å²) in [6, 6.07) is 10.6. The van der Waals surface area contributed by atoms with Crippen LogP contribution >= 0.6 is 0 Å². The van der Waals surface area contributed by atoms with Crippen LogP contribution in [0.2, 0.25) is 0 Å². The van der Waals surface area contributed by atoms with Gasteiger partial charge in [0.2, 0.25) is 0 Å². The van der Waals surface area contributed by atoms with Crippen LogP contribution in [0.15, 0.2) is 42.6 Å². The topological polar surface area (TPSA) is 56.0 Å². The van der Waals surface area contributed by atoms with Crippen molar-refractivity contribution in [3.05, 3.63) is 69.5 Å². The van der Waals surface area contributed by atoms with E-state index in [4.69, 9.17) is 0 Å². The molecule has 0 aliphatic carbocycles. The predicted octanol–water partition coefficient (Wildman–Crippen LogP) is 3.72. The van der Waals surface area contributed by atoms with Gasteiger partial charge in [-0.2, -0.15) is 0 Å². The van der Waals surface area contributed by atoms with Crippen molar-refractivity contribution in [2.75, 3.05) is 0 Å². The molecule has 2 aromatic rings. The summed E-state index contributed by atoms with van der Waals surface area (Å²) in [5.41, 5.74) is 2.64. The summed E-state index contributed by atoms with van der Waals surface area (Å²) in [4.78, 5) is 14.8. The molecule has 4 heteroatoms.